The fraction of sp³-hybridized carbons (Fsp3) is 1.00. The molecule has 0 saturated heterocycles. The van der Waals surface area contributed by atoms with Gasteiger partial charge in [-0.2, -0.15) is 0 Å². The summed E-state index contributed by atoms with van der Waals surface area (Å²) in [6.45, 7) is 1.76. The molecule has 0 rings (SSSR count). The minimum Gasteiger partial charge on any atom is -0.385 e. The quantitative estimate of drug-likeness (QED) is 0.224. The van der Waals surface area contributed by atoms with Crippen LogP contribution in [0.3, 0.4) is 0 Å². The topological polar surface area (TPSA) is 126 Å². The van der Waals surface area contributed by atoms with Crippen molar-refractivity contribution < 1.29 is 37.0 Å². The van der Waals surface area contributed by atoms with E-state index in [4.69, 9.17) is 48.4 Å². The van der Waals surface area contributed by atoms with E-state index in [0.717, 1.165) is 6.42 Å². The minimum absolute atomic E-state index is 0.320. The lowest BCUT2D eigenvalue weighted by Crippen LogP contribution is -2.60. The van der Waals surface area contributed by atoms with Crippen LogP contribution >= 0.6 is 0 Å². The van der Waals surface area contributed by atoms with E-state index in [2.05, 4.69) is 0 Å². The molecule has 4 N–H and O–H groups in total. The number of rotatable bonds is 19. The van der Waals surface area contributed by atoms with Crippen LogP contribution < -0.4 is 11.5 Å². The summed E-state index contributed by atoms with van der Waals surface area (Å²) < 4.78 is 45.3. The number of ether oxygens (including phenoxy) is 5. The Morgan fingerprint density at radius 2 is 1.36 bits per heavy atom. The molecule has 0 saturated carbocycles. The highest BCUT2D eigenvalue weighted by Gasteiger charge is 2.54. The molecule has 170 valence electrons. The fourth-order valence-corrected chi connectivity index (χ4v) is 5.71. The third-order valence-corrected chi connectivity index (χ3v) is 7.30. The van der Waals surface area contributed by atoms with Gasteiger partial charge in [0.1, 0.15) is 0 Å². The molecular formula is C17H40N2O8Si. The monoisotopic (exact) mass is 428 g/mol. The first kappa shape index (κ1) is 27.8. The van der Waals surface area contributed by atoms with Gasteiger partial charge >= 0.3 is 15.0 Å². The smallest absolute Gasteiger partial charge is 0.385 e. The molecule has 0 fully saturated rings. The summed E-state index contributed by atoms with van der Waals surface area (Å²) >= 11 is 0. The van der Waals surface area contributed by atoms with Crippen molar-refractivity contribution in [2.75, 3.05) is 69.0 Å². The molecule has 28 heavy (non-hydrogen) atoms. The number of methoxy groups -OCH3 is 5. The zero-order valence-corrected chi connectivity index (χ0v) is 19.3. The number of nitrogens with two attached hydrogens (primary N) is 2. The van der Waals surface area contributed by atoms with Crippen molar-refractivity contribution in [2.45, 2.75) is 43.5 Å². The van der Waals surface area contributed by atoms with Crippen molar-refractivity contribution in [1.29, 1.82) is 0 Å². The molecule has 10 nitrogen and oxygen atoms in total. The second kappa shape index (κ2) is 14.7. The van der Waals surface area contributed by atoms with Crippen LogP contribution in [0.25, 0.3) is 0 Å². The molecule has 2 atom stereocenters. The van der Waals surface area contributed by atoms with Crippen molar-refractivity contribution in [3.8, 4) is 0 Å². The van der Waals surface area contributed by atoms with Crippen LogP contribution in [0.2, 0.25) is 6.04 Å². The van der Waals surface area contributed by atoms with E-state index >= 15 is 0 Å². The average Bonchev–Trinajstić information content (AvgIpc) is 2.73. The molecule has 0 aliphatic carbocycles. The highest BCUT2D eigenvalue weighted by molar-refractivity contribution is 6.60. The van der Waals surface area contributed by atoms with Crippen LogP contribution in [0.1, 0.15) is 25.7 Å². The summed E-state index contributed by atoms with van der Waals surface area (Å²) in [5.41, 5.74) is 10.8. The van der Waals surface area contributed by atoms with Crippen molar-refractivity contribution in [3.63, 3.8) is 0 Å². The summed E-state index contributed by atoms with van der Waals surface area (Å²) in [6, 6.07) is 0.443. The molecule has 0 aliphatic rings. The fourth-order valence-electron chi connectivity index (χ4n) is 2.90. The number of hydrogen-bond donors (Lipinski definition) is 2. The molecule has 0 spiro atoms. The Bertz CT molecular complexity index is 374. The van der Waals surface area contributed by atoms with Crippen LogP contribution in [-0.2, 0) is 37.0 Å². The maximum Gasteiger partial charge on any atom is 0.507 e. The Hall–Kier alpha value is -0.183. The van der Waals surface area contributed by atoms with Gasteiger partial charge in [-0.3, -0.25) is 4.43 Å². The van der Waals surface area contributed by atoms with Gasteiger partial charge < -0.3 is 44.0 Å². The lowest BCUT2D eigenvalue weighted by Gasteiger charge is -2.43. The van der Waals surface area contributed by atoms with Crippen LogP contribution in [0.5, 0.6) is 0 Å². The lowest BCUT2D eigenvalue weighted by molar-refractivity contribution is -0.461. The molecule has 0 aliphatic heterocycles. The van der Waals surface area contributed by atoms with Crippen LogP contribution in [0.15, 0.2) is 0 Å². The second-order valence-electron chi connectivity index (χ2n) is 6.35. The highest BCUT2D eigenvalue weighted by Crippen LogP contribution is 2.34. The van der Waals surface area contributed by atoms with Crippen molar-refractivity contribution >= 4 is 8.80 Å². The van der Waals surface area contributed by atoms with Crippen LogP contribution in [0.4, 0.5) is 0 Å². The molecule has 2 unspecified atom stereocenters. The van der Waals surface area contributed by atoms with Gasteiger partial charge in [0.2, 0.25) is 0 Å². The Morgan fingerprint density at radius 1 is 0.750 bits per heavy atom. The summed E-state index contributed by atoms with van der Waals surface area (Å²) in [4.78, 5) is 0. The van der Waals surface area contributed by atoms with E-state index in [-0.39, 0.29) is 0 Å². The third-order valence-electron chi connectivity index (χ3n) is 4.41. The van der Waals surface area contributed by atoms with E-state index in [9.17, 15) is 0 Å². The molecule has 0 amide bonds. The Kier molecular flexibility index (Phi) is 14.6. The maximum atomic E-state index is 6.62. The van der Waals surface area contributed by atoms with Gasteiger partial charge in [0.15, 0.2) is 0 Å². The first-order valence-electron chi connectivity index (χ1n) is 9.39. The third kappa shape index (κ3) is 8.67. The van der Waals surface area contributed by atoms with E-state index in [1.165, 1.54) is 28.4 Å². The largest absolute Gasteiger partial charge is 0.507 e. The second-order valence-corrected chi connectivity index (χ2v) is 9.03. The summed E-state index contributed by atoms with van der Waals surface area (Å²) in [5, 5.41) is 0. The molecule has 0 heterocycles. The average molecular weight is 429 g/mol. The van der Waals surface area contributed by atoms with E-state index in [0.29, 0.717) is 51.6 Å². The zero-order chi connectivity index (χ0) is 21.5. The van der Waals surface area contributed by atoms with Crippen LogP contribution in [-0.4, -0.2) is 89.5 Å². The SMILES string of the molecule is COCCC(CCCN)(COC)O[Si](CCCN)(OC)OC(OC)(OC)OC. The number of hydrogen-bond acceptors (Lipinski definition) is 10. The van der Waals surface area contributed by atoms with Gasteiger partial charge in [0, 0.05) is 61.7 Å². The van der Waals surface area contributed by atoms with Gasteiger partial charge in [-0.05, 0) is 32.4 Å². The summed E-state index contributed by atoms with van der Waals surface area (Å²) in [6.07, 6.45) is 0.816. The van der Waals surface area contributed by atoms with Gasteiger partial charge in [0.05, 0.1) is 12.2 Å². The van der Waals surface area contributed by atoms with Gasteiger partial charge in [-0.25, -0.2) is 0 Å². The predicted molar refractivity (Wildman–Crippen MR) is 107 cm³/mol. The zero-order valence-electron chi connectivity index (χ0n) is 18.3. The van der Waals surface area contributed by atoms with Gasteiger partial charge in [-0.15, -0.1) is 0 Å². The van der Waals surface area contributed by atoms with E-state index in [1.54, 1.807) is 14.2 Å². The molecule has 0 radical (unpaired) electrons. The maximum absolute atomic E-state index is 6.62. The molecular weight excluding hydrogens is 388 g/mol. The molecule has 0 aromatic heterocycles. The summed E-state index contributed by atoms with van der Waals surface area (Å²) in [5.74, 6) is 0. The normalized spacial score (nSPS) is 16.7. The van der Waals surface area contributed by atoms with Gasteiger partial charge in [-0.1, -0.05) is 0 Å². The Morgan fingerprint density at radius 3 is 1.79 bits per heavy atom. The molecule has 0 aromatic rings. The Labute approximate surface area is 170 Å². The molecule has 0 aromatic carbocycles. The summed E-state index contributed by atoms with van der Waals surface area (Å²) in [7, 11) is 5.62. The molecule has 0 bridgehead atoms. The molecule has 11 heteroatoms. The van der Waals surface area contributed by atoms with Crippen molar-refractivity contribution in [1.82, 2.24) is 0 Å². The Balaban J connectivity index is 5.95. The van der Waals surface area contributed by atoms with Crippen molar-refractivity contribution in [2.24, 2.45) is 11.5 Å². The van der Waals surface area contributed by atoms with Crippen molar-refractivity contribution in [3.05, 3.63) is 0 Å². The standard InChI is InChI=1S/C17H40N2O8Si/c1-20-13-10-16(15-21-2,9-7-11-18)26-28(25-6,14-8-12-19)27-17(22-3,23-4)24-5/h7-15,18-19H2,1-6H3. The van der Waals surface area contributed by atoms with Gasteiger partial charge in [0.25, 0.3) is 0 Å². The van der Waals surface area contributed by atoms with Crippen LogP contribution in [0, 0.1) is 0 Å². The first-order chi connectivity index (χ1) is 13.4. The van der Waals surface area contributed by atoms with E-state index in [1.807, 2.05) is 0 Å². The predicted octanol–water partition coefficient (Wildman–Crippen LogP) is 0.665. The minimum atomic E-state index is -3.39. The van der Waals surface area contributed by atoms with E-state index < -0.39 is 20.6 Å². The highest BCUT2D eigenvalue weighted by atomic mass is 28.4. The lowest BCUT2D eigenvalue weighted by atomic mass is 9.95. The first-order valence-corrected chi connectivity index (χ1v) is 11.3.